The number of nitrogens with zero attached hydrogens (tertiary/aromatic N) is 3. The van der Waals surface area contributed by atoms with Crippen molar-refractivity contribution >= 4 is 22.6 Å². The van der Waals surface area contributed by atoms with Gasteiger partial charge < -0.3 is 9.47 Å². The molecule has 30 heavy (non-hydrogen) atoms. The summed E-state index contributed by atoms with van der Waals surface area (Å²) in [5, 5.41) is 0.580. The number of hydrogen-bond acceptors (Lipinski definition) is 5. The highest BCUT2D eigenvalue weighted by atomic mass is 35.5. The summed E-state index contributed by atoms with van der Waals surface area (Å²) in [6.07, 6.45) is 1.54. The smallest absolute Gasteiger partial charge is 0.332 e. The summed E-state index contributed by atoms with van der Waals surface area (Å²) in [7, 11) is 0. The van der Waals surface area contributed by atoms with Gasteiger partial charge in [0, 0.05) is 11.2 Å². The molecule has 1 aliphatic heterocycles. The summed E-state index contributed by atoms with van der Waals surface area (Å²) in [4.78, 5) is 30.6. The summed E-state index contributed by atoms with van der Waals surface area (Å²) < 4.78 is 13.5. The molecule has 0 saturated heterocycles. The number of aromatic nitrogens is 3. The first-order valence-electron chi connectivity index (χ1n) is 9.31. The van der Waals surface area contributed by atoms with Crippen molar-refractivity contribution in [3.63, 3.8) is 0 Å². The maximum absolute atomic E-state index is 13.3. The molecule has 0 fully saturated rings. The Labute approximate surface area is 175 Å². The Hall–Kier alpha value is -3.58. The Morgan fingerprint density at radius 3 is 2.57 bits per heavy atom. The third-order valence-electron chi connectivity index (χ3n) is 4.99. The van der Waals surface area contributed by atoms with E-state index in [4.69, 9.17) is 21.1 Å². The van der Waals surface area contributed by atoms with Gasteiger partial charge in [0.2, 0.25) is 6.79 Å². The molecule has 0 bridgehead atoms. The number of benzene rings is 2. The van der Waals surface area contributed by atoms with Crippen molar-refractivity contribution in [2.24, 2.45) is 0 Å². The Bertz CT molecular complexity index is 1390. The van der Waals surface area contributed by atoms with Crippen LogP contribution in [0.2, 0.25) is 5.02 Å². The first-order valence-corrected chi connectivity index (χ1v) is 9.69. The minimum absolute atomic E-state index is 0.0936. The van der Waals surface area contributed by atoms with Gasteiger partial charge in [-0.05, 0) is 47.5 Å². The molecule has 0 spiro atoms. The van der Waals surface area contributed by atoms with Crippen LogP contribution in [0, 0.1) is 0 Å². The van der Waals surface area contributed by atoms with E-state index >= 15 is 0 Å². The molecule has 0 N–H and O–H groups in total. The molecule has 150 valence electrons. The molecule has 7 nitrogen and oxygen atoms in total. The van der Waals surface area contributed by atoms with Crippen molar-refractivity contribution < 1.29 is 9.47 Å². The SMILES string of the molecule is O=c1c2ncccc2n(Cc2cccc(Cl)c2)c(=O)n1Cc1ccc2c(c1)OCO2. The lowest BCUT2D eigenvalue weighted by atomic mass is 10.2. The van der Waals surface area contributed by atoms with Crippen molar-refractivity contribution in [1.29, 1.82) is 0 Å². The molecule has 0 saturated carbocycles. The lowest BCUT2D eigenvalue weighted by molar-refractivity contribution is 0.174. The van der Waals surface area contributed by atoms with E-state index in [-0.39, 0.29) is 25.4 Å². The van der Waals surface area contributed by atoms with E-state index in [0.29, 0.717) is 22.0 Å². The summed E-state index contributed by atoms with van der Waals surface area (Å²) in [6.45, 7) is 0.518. The molecule has 4 aromatic rings. The lowest BCUT2D eigenvalue weighted by Gasteiger charge is -2.14. The first kappa shape index (κ1) is 18.4. The van der Waals surface area contributed by atoms with Crippen LogP contribution in [-0.4, -0.2) is 20.9 Å². The first-order chi connectivity index (χ1) is 14.6. The second-order valence-corrected chi connectivity index (χ2v) is 7.39. The second-order valence-electron chi connectivity index (χ2n) is 6.95. The maximum atomic E-state index is 13.3. The zero-order chi connectivity index (χ0) is 20.7. The van der Waals surface area contributed by atoms with Gasteiger partial charge in [-0.3, -0.25) is 13.9 Å². The minimum Gasteiger partial charge on any atom is -0.454 e. The quantitative estimate of drug-likeness (QED) is 0.506. The van der Waals surface area contributed by atoms with E-state index < -0.39 is 11.2 Å². The fourth-order valence-corrected chi connectivity index (χ4v) is 3.79. The van der Waals surface area contributed by atoms with Crippen LogP contribution in [-0.2, 0) is 13.1 Å². The largest absolute Gasteiger partial charge is 0.454 e. The molecule has 8 heteroatoms. The Balaban J connectivity index is 1.65. The van der Waals surface area contributed by atoms with E-state index in [9.17, 15) is 9.59 Å². The minimum atomic E-state index is -0.435. The van der Waals surface area contributed by atoms with E-state index in [1.54, 1.807) is 47.2 Å². The van der Waals surface area contributed by atoms with Crippen LogP contribution in [0.3, 0.4) is 0 Å². The molecule has 3 heterocycles. The molecule has 0 unspecified atom stereocenters. The van der Waals surface area contributed by atoms with Gasteiger partial charge in [-0.25, -0.2) is 9.78 Å². The Morgan fingerprint density at radius 1 is 0.900 bits per heavy atom. The number of rotatable bonds is 4. The van der Waals surface area contributed by atoms with Gasteiger partial charge in [0.05, 0.1) is 18.6 Å². The van der Waals surface area contributed by atoms with Crippen molar-refractivity contribution in [3.8, 4) is 11.5 Å². The summed E-state index contributed by atoms with van der Waals surface area (Å²) in [5.41, 5.74) is 1.47. The topological polar surface area (TPSA) is 75.4 Å². The normalized spacial score (nSPS) is 12.4. The number of fused-ring (bicyclic) bond motifs is 2. The number of pyridine rings is 1. The monoisotopic (exact) mass is 421 g/mol. The van der Waals surface area contributed by atoms with Crippen LogP contribution in [0.5, 0.6) is 11.5 Å². The highest BCUT2D eigenvalue weighted by Gasteiger charge is 2.17. The lowest BCUT2D eigenvalue weighted by Crippen LogP contribution is -2.40. The van der Waals surface area contributed by atoms with Crippen LogP contribution in [0.1, 0.15) is 11.1 Å². The van der Waals surface area contributed by atoms with Crippen molar-refractivity contribution in [1.82, 2.24) is 14.1 Å². The van der Waals surface area contributed by atoms with E-state index in [1.807, 2.05) is 18.2 Å². The van der Waals surface area contributed by atoms with Gasteiger partial charge >= 0.3 is 5.69 Å². The zero-order valence-corrected chi connectivity index (χ0v) is 16.5. The Kier molecular flexibility index (Phi) is 4.52. The van der Waals surface area contributed by atoms with Gasteiger partial charge in [-0.1, -0.05) is 29.8 Å². The molecule has 2 aromatic heterocycles. The van der Waals surface area contributed by atoms with Gasteiger partial charge in [-0.15, -0.1) is 0 Å². The predicted molar refractivity (Wildman–Crippen MR) is 112 cm³/mol. The highest BCUT2D eigenvalue weighted by Crippen LogP contribution is 2.32. The number of hydrogen-bond donors (Lipinski definition) is 0. The standard InChI is InChI=1S/C22H16ClN3O4/c23-16-4-1-3-14(9-16)11-25-17-5-2-8-24-20(17)21(27)26(22(25)28)12-15-6-7-18-19(10-15)30-13-29-18/h1-10H,11-13H2. The molecular weight excluding hydrogens is 406 g/mol. The van der Waals surface area contributed by atoms with Gasteiger partial charge in [0.25, 0.3) is 5.56 Å². The van der Waals surface area contributed by atoms with Gasteiger partial charge in [-0.2, -0.15) is 0 Å². The van der Waals surface area contributed by atoms with Crippen LogP contribution in [0.25, 0.3) is 11.0 Å². The van der Waals surface area contributed by atoms with E-state index in [2.05, 4.69) is 4.98 Å². The fourth-order valence-electron chi connectivity index (χ4n) is 3.57. The van der Waals surface area contributed by atoms with Crippen molar-refractivity contribution in [2.75, 3.05) is 6.79 Å². The van der Waals surface area contributed by atoms with Crippen LogP contribution in [0.4, 0.5) is 0 Å². The van der Waals surface area contributed by atoms with Crippen LogP contribution in [0.15, 0.2) is 70.4 Å². The molecular formula is C22H16ClN3O4. The molecule has 0 amide bonds. The zero-order valence-electron chi connectivity index (χ0n) is 15.7. The maximum Gasteiger partial charge on any atom is 0.332 e. The summed E-state index contributed by atoms with van der Waals surface area (Å²) in [6, 6.07) is 16.1. The Morgan fingerprint density at radius 2 is 1.70 bits per heavy atom. The average molecular weight is 422 g/mol. The summed E-state index contributed by atoms with van der Waals surface area (Å²) >= 11 is 6.10. The van der Waals surface area contributed by atoms with Crippen LogP contribution >= 0.6 is 11.6 Å². The fraction of sp³-hybridized carbons (Fsp3) is 0.136. The average Bonchev–Trinajstić information content (AvgIpc) is 3.22. The summed E-state index contributed by atoms with van der Waals surface area (Å²) in [5.74, 6) is 1.24. The second kappa shape index (κ2) is 7.35. The van der Waals surface area contributed by atoms with Gasteiger partial charge in [0.15, 0.2) is 17.0 Å². The van der Waals surface area contributed by atoms with E-state index in [0.717, 1.165) is 11.1 Å². The molecule has 0 atom stereocenters. The molecule has 0 aliphatic carbocycles. The number of ether oxygens (including phenoxy) is 2. The molecule has 1 aliphatic rings. The third-order valence-corrected chi connectivity index (χ3v) is 5.23. The van der Waals surface area contributed by atoms with Crippen molar-refractivity contribution in [3.05, 3.63) is 97.8 Å². The molecule has 0 radical (unpaired) electrons. The highest BCUT2D eigenvalue weighted by molar-refractivity contribution is 6.30. The van der Waals surface area contributed by atoms with Gasteiger partial charge in [0.1, 0.15) is 0 Å². The van der Waals surface area contributed by atoms with Crippen LogP contribution < -0.4 is 20.7 Å². The van der Waals surface area contributed by atoms with E-state index in [1.165, 1.54) is 4.57 Å². The molecule has 5 rings (SSSR count). The number of halogens is 1. The van der Waals surface area contributed by atoms with Crippen molar-refractivity contribution in [2.45, 2.75) is 13.1 Å². The third kappa shape index (κ3) is 3.23. The predicted octanol–water partition coefficient (Wildman–Crippen LogP) is 3.04. The molecule has 2 aromatic carbocycles.